The minimum absolute atomic E-state index is 0.0203. The van der Waals surface area contributed by atoms with E-state index in [1.165, 1.54) is 19.2 Å². The van der Waals surface area contributed by atoms with Gasteiger partial charge in [0.25, 0.3) is 0 Å². The molecule has 1 rings (SSSR count). The van der Waals surface area contributed by atoms with E-state index in [2.05, 4.69) is 0 Å². The minimum Gasteiger partial charge on any atom is -0.545 e. The maximum absolute atomic E-state index is 10.5. The molecule has 0 amide bonds. The van der Waals surface area contributed by atoms with E-state index in [9.17, 15) is 9.90 Å². The monoisotopic (exact) mass is 200 g/mol. The zero-order valence-corrected chi connectivity index (χ0v) is 7.59. The molecule has 2 N–H and O–H groups in total. The van der Waals surface area contributed by atoms with E-state index >= 15 is 0 Å². The molecule has 0 saturated carbocycles. The number of carbonyl (C=O) groups is 1. The SMILES string of the molecule is COc1cc(Cl)cc(C(=O)[O-])c1N. The molecule has 0 aliphatic heterocycles. The Bertz CT molecular complexity index is 351. The number of benzene rings is 1. The molecule has 0 saturated heterocycles. The Balaban J connectivity index is 3.35. The van der Waals surface area contributed by atoms with Crippen molar-refractivity contribution in [2.45, 2.75) is 0 Å². The van der Waals surface area contributed by atoms with E-state index in [1.54, 1.807) is 0 Å². The Hall–Kier alpha value is -1.42. The van der Waals surface area contributed by atoms with Gasteiger partial charge >= 0.3 is 0 Å². The topological polar surface area (TPSA) is 75.4 Å². The van der Waals surface area contributed by atoms with Crippen LogP contribution < -0.4 is 15.6 Å². The molecule has 0 atom stereocenters. The molecule has 0 radical (unpaired) electrons. The van der Waals surface area contributed by atoms with Crippen LogP contribution in [0.1, 0.15) is 10.4 Å². The van der Waals surface area contributed by atoms with Crippen molar-refractivity contribution in [3.05, 3.63) is 22.7 Å². The van der Waals surface area contributed by atoms with Gasteiger partial charge in [-0.15, -0.1) is 0 Å². The summed E-state index contributed by atoms with van der Waals surface area (Å²) in [5.74, 6) is -1.15. The Morgan fingerprint density at radius 2 is 2.23 bits per heavy atom. The first-order valence-corrected chi connectivity index (χ1v) is 3.78. The van der Waals surface area contributed by atoms with Crippen molar-refractivity contribution >= 4 is 23.3 Å². The van der Waals surface area contributed by atoms with Gasteiger partial charge in [0.15, 0.2) is 0 Å². The van der Waals surface area contributed by atoms with Crippen LogP contribution in [-0.4, -0.2) is 13.1 Å². The fourth-order valence-electron chi connectivity index (χ4n) is 0.931. The maximum Gasteiger partial charge on any atom is 0.143 e. The zero-order valence-electron chi connectivity index (χ0n) is 6.83. The molecule has 0 aromatic heterocycles. The number of rotatable bonds is 2. The van der Waals surface area contributed by atoms with Crippen LogP contribution in [0.25, 0.3) is 0 Å². The van der Waals surface area contributed by atoms with Crippen molar-refractivity contribution in [3.63, 3.8) is 0 Å². The number of carboxylic acid groups (broad SMARTS) is 1. The number of hydrogen-bond acceptors (Lipinski definition) is 4. The number of nitrogen functional groups attached to an aromatic ring is 1. The summed E-state index contributed by atoms with van der Waals surface area (Å²) in [4.78, 5) is 10.5. The van der Waals surface area contributed by atoms with Gasteiger partial charge < -0.3 is 20.4 Å². The lowest BCUT2D eigenvalue weighted by Gasteiger charge is -2.11. The molecule has 13 heavy (non-hydrogen) atoms. The molecular weight excluding hydrogens is 194 g/mol. The molecule has 0 aliphatic rings. The normalized spacial score (nSPS) is 9.69. The molecule has 0 fully saturated rings. The van der Waals surface area contributed by atoms with Gasteiger partial charge in [-0.1, -0.05) is 11.6 Å². The lowest BCUT2D eigenvalue weighted by atomic mass is 10.1. The number of carbonyl (C=O) groups excluding carboxylic acids is 1. The molecular formula is C8H7ClNO3-. The smallest absolute Gasteiger partial charge is 0.143 e. The predicted octanol–water partition coefficient (Wildman–Crippen LogP) is 0.294. The zero-order chi connectivity index (χ0) is 10.0. The fraction of sp³-hybridized carbons (Fsp3) is 0.125. The molecule has 0 aliphatic carbocycles. The van der Waals surface area contributed by atoms with E-state index in [4.69, 9.17) is 22.1 Å². The third-order valence-corrected chi connectivity index (χ3v) is 1.76. The summed E-state index contributed by atoms with van der Waals surface area (Å²) in [6, 6.07) is 2.65. The summed E-state index contributed by atoms with van der Waals surface area (Å²) in [5, 5.41) is 10.8. The molecule has 0 unspecified atom stereocenters. The van der Waals surface area contributed by atoms with Gasteiger partial charge in [0.05, 0.1) is 18.8 Å². The van der Waals surface area contributed by atoms with Crippen LogP contribution in [0.4, 0.5) is 5.69 Å². The average molecular weight is 201 g/mol. The van der Waals surface area contributed by atoms with Crippen LogP contribution in [0.3, 0.4) is 0 Å². The van der Waals surface area contributed by atoms with Crippen LogP contribution >= 0.6 is 11.6 Å². The summed E-state index contributed by atoms with van der Waals surface area (Å²) < 4.78 is 4.82. The van der Waals surface area contributed by atoms with Crippen molar-refractivity contribution < 1.29 is 14.6 Å². The van der Waals surface area contributed by atoms with Gasteiger partial charge in [0.1, 0.15) is 5.75 Å². The molecule has 5 heteroatoms. The molecule has 4 nitrogen and oxygen atoms in total. The van der Waals surface area contributed by atoms with E-state index in [0.717, 1.165) is 0 Å². The van der Waals surface area contributed by atoms with Crippen molar-refractivity contribution in [1.29, 1.82) is 0 Å². The first-order chi connectivity index (χ1) is 6.06. The van der Waals surface area contributed by atoms with Crippen LogP contribution in [0.2, 0.25) is 5.02 Å². The van der Waals surface area contributed by atoms with E-state index in [0.29, 0.717) is 0 Å². The maximum atomic E-state index is 10.5. The summed E-state index contributed by atoms with van der Waals surface area (Å²) >= 11 is 5.62. The third kappa shape index (κ3) is 1.84. The van der Waals surface area contributed by atoms with Crippen molar-refractivity contribution in [2.75, 3.05) is 12.8 Å². The number of carboxylic acids is 1. The highest BCUT2D eigenvalue weighted by atomic mass is 35.5. The highest BCUT2D eigenvalue weighted by molar-refractivity contribution is 6.31. The molecule has 0 heterocycles. The van der Waals surface area contributed by atoms with Crippen molar-refractivity contribution in [1.82, 2.24) is 0 Å². The lowest BCUT2D eigenvalue weighted by molar-refractivity contribution is -0.254. The van der Waals surface area contributed by atoms with Crippen molar-refractivity contribution in [2.24, 2.45) is 0 Å². The fourth-order valence-corrected chi connectivity index (χ4v) is 1.14. The summed E-state index contributed by atoms with van der Waals surface area (Å²) in [6.45, 7) is 0. The highest BCUT2D eigenvalue weighted by Gasteiger charge is 2.08. The Labute approximate surface area is 79.9 Å². The van der Waals surface area contributed by atoms with E-state index in [-0.39, 0.29) is 22.0 Å². The second-order valence-corrected chi connectivity index (χ2v) is 2.79. The standard InChI is InChI=1S/C8H8ClNO3/c1-13-6-3-4(9)2-5(7(6)10)8(11)12/h2-3H,10H2,1H3,(H,11,12)/p-1. The quantitative estimate of drug-likeness (QED) is 0.697. The van der Waals surface area contributed by atoms with Crippen LogP contribution in [0.15, 0.2) is 12.1 Å². The number of nitrogens with two attached hydrogens (primary N) is 1. The first-order valence-electron chi connectivity index (χ1n) is 3.40. The Kier molecular flexibility index (Phi) is 2.63. The predicted molar refractivity (Wildman–Crippen MR) is 46.7 cm³/mol. The molecule has 0 spiro atoms. The first kappa shape index (κ1) is 9.67. The minimum atomic E-state index is -1.38. The van der Waals surface area contributed by atoms with Gasteiger partial charge in [-0.2, -0.15) is 0 Å². The second-order valence-electron chi connectivity index (χ2n) is 2.36. The number of halogens is 1. The van der Waals surface area contributed by atoms with Crippen LogP contribution in [0.5, 0.6) is 5.75 Å². The second kappa shape index (κ2) is 3.53. The van der Waals surface area contributed by atoms with E-state index in [1.807, 2.05) is 0 Å². The number of hydrogen-bond donors (Lipinski definition) is 1. The lowest BCUT2D eigenvalue weighted by Crippen LogP contribution is -2.23. The average Bonchev–Trinajstić information content (AvgIpc) is 2.08. The summed E-state index contributed by atoms with van der Waals surface area (Å²) in [6.07, 6.45) is 0. The number of anilines is 1. The molecule has 70 valence electrons. The number of ether oxygens (including phenoxy) is 1. The summed E-state index contributed by atoms with van der Waals surface area (Å²) in [7, 11) is 1.38. The van der Waals surface area contributed by atoms with Gasteiger partial charge in [-0.25, -0.2) is 0 Å². The van der Waals surface area contributed by atoms with Crippen molar-refractivity contribution in [3.8, 4) is 5.75 Å². The van der Waals surface area contributed by atoms with Crippen LogP contribution in [0, 0.1) is 0 Å². The Morgan fingerprint density at radius 1 is 1.62 bits per heavy atom. The van der Waals surface area contributed by atoms with Gasteiger partial charge in [-0.3, -0.25) is 0 Å². The Morgan fingerprint density at radius 3 is 2.69 bits per heavy atom. The largest absolute Gasteiger partial charge is 0.545 e. The molecule has 0 bridgehead atoms. The number of aromatic carboxylic acids is 1. The highest BCUT2D eigenvalue weighted by Crippen LogP contribution is 2.29. The van der Waals surface area contributed by atoms with Gasteiger partial charge in [0, 0.05) is 16.7 Å². The van der Waals surface area contributed by atoms with Gasteiger partial charge in [-0.05, 0) is 6.07 Å². The van der Waals surface area contributed by atoms with Gasteiger partial charge in [0.2, 0.25) is 0 Å². The summed E-state index contributed by atoms with van der Waals surface area (Å²) in [5.41, 5.74) is 5.32. The van der Waals surface area contributed by atoms with E-state index < -0.39 is 5.97 Å². The third-order valence-electron chi connectivity index (χ3n) is 1.55. The number of methoxy groups -OCH3 is 1. The molecule has 1 aromatic rings. The molecule has 1 aromatic carbocycles. The van der Waals surface area contributed by atoms with Crippen LogP contribution in [-0.2, 0) is 0 Å².